The van der Waals surface area contributed by atoms with Gasteiger partial charge in [-0.25, -0.2) is 0 Å². The molecule has 0 radical (unpaired) electrons. The van der Waals surface area contributed by atoms with Crippen LogP contribution in [0.2, 0.25) is 0 Å². The molecule has 0 atom stereocenters. The first-order valence-electron chi connectivity index (χ1n) is 7.85. The second-order valence-electron chi connectivity index (χ2n) is 5.48. The van der Waals surface area contributed by atoms with E-state index in [4.69, 9.17) is 4.74 Å². The Morgan fingerprint density at radius 3 is 2.44 bits per heavy atom. The van der Waals surface area contributed by atoms with Gasteiger partial charge in [0.15, 0.2) is 0 Å². The molecule has 0 aliphatic heterocycles. The summed E-state index contributed by atoms with van der Waals surface area (Å²) >= 11 is 0. The van der Waals surface area contributed by atoms with Gasteiger partial charge < -0.3 is 15.4 Å². The van der Waals surface area contributed by atoms with Crippen molar-refractivity contribution in [2.75, 3.05) is 12.4 Å². The summed E-state index contributed by atoms with van der Waals surface area (Å²) in [6, 6.07) is 12.9. The molecule has 142 valence electrons. The quantitative estimate of drug-likeness (QED) is 0.756. The molecule has 2 aromatic rings. The van der Waals surface area contributed by atoms with E-state index in [1.165, 1.54) is 24.3 Å². The van der Waals surface area contributed by atoms with Gasteiger partial charge in [-0.1, -0.05) is 24.3 Å². The van der Waals surface area contributed by atoms with Crippen LogP contribution in [0.3, 0.4) is 0 Å². The number of hydrogen-bond acceptors (Lipinski definition) is 3. The molecule has 2 amide bonds. The molecule has 0 spiro atoms. The molecule has 0 bridgehead atoms. The number of ether oxygens (including phenoxy) is 1. The zero-order valence-corrected chi connectivity index (χ0v) is 14.3. The van der Waals surface area contributed by atoms with Crippen LogP contribution in [0.15, 0.2) is 54.6 Å². The molecule has 0 saturated carbocycles. The molecule has 27 heavy (non-hydrogen) atoms. The number of alkyl halides is 3. The zero-order chi connectivity index (χ0) is 19.9. The Labute approximate surface area is 153 Å². The van der Waals surface area contributed by atoms with Crippen molar-refractivity contribution in [2.45, 2.75) is 12.7 Å². The van der Waals surface area contributed by atoms with Gasteiger partial charge in [-0.3, -0.25) is 9.59 Å². The summed E-state index contributed by atoms with van der Waals surface area (Å²) in [5.41, 5.74) is 1.35. The van der Waals surface area contributed by atoms with E-state index in [1.807, 2.05) is 0 Å². The predicted octanol–water partition coefficient (Wildman–Crippen LogP) is 3.53. The van der Waals surface area contributed by atoms with Crippen molar-refractivity contribution in [1.82, 2.24) is 5.32 Å². The van der Waals surface area contributed by atoms with E-state index >= 15 is 0 Å². The van der Waals surface area contributed by atoms with Crippen LogP contribution in [0.4, 0.5) is 18.9 Å². The highest BCUT2D eigenvalue weighted by Gasteiger charge is 2.38. The second kappa shape index (κ2) is 8.88. The lowest BCUT2D eigenvalue weighted by Gasteiger charge is -2.09. The average molecular weight is 378 g/mol. The molecule has 2 N–H and O–H groups in total. The molecule has 0 unspecified atom stereocenters. The molecule has 0 fully saturated rings. The number of carbonyl (C=O) groups excluding carboxylic acids is 2. The van der Waals surface area contributed by atoms with E-state index in [2.05, 4.69) is 5.32 Å². The van der Waals surface area contributed by atoms with Crippen LogP contribution in [0.5, 0.6) is 5.75 Å². The second-order valence-corrected chi connectivity index (χ2v) is 5.48. The van der Waals surface area contributed by atoms with Crippen molar-refractivity contribution in [2.24, 2.45) is 0 Å². The lowest BCUT2D eigenvalue weighted by Crippen LogP contribution is -2.30. The monoisotopic (exact) mass is 378 g/mol. The first-order chi connectivity index (χ1) is 12.8. The van der Waals surface area contributed by atoms with E-state index in [0.29, 0.717) is 11.3 Å². The molecule has 2 rings (SSSR count). The van der Waals surface area contributed by atoms with Gasteiger partial charge in [0.1, 0.15) is 5.75 Å². The maximum atomic E-state index is 12.3. The van der Waals surface area contributed by atoms with Crippen molar-refractivity contribution in [1.29, 1.82) is 0 Å². The Kier molecular flexibility index (Phi) is 6.59. The van der Waals surface area contributed by atoms with Gasteiger partial charge in [-0.15, -0.1) is 0 Å². The van der Waals surface area contributed by atoms with Crippen LogP contribution in [-0.2, 0) is 16.1 Å². The lowest BCUT2D eigenvalue weighted by molar-refractivity contribution is -0.167. The van der Waals surface area contributed by atoms with Crippen molar-refractivity contribution < 1.29 is 27.5 Å². The largest absolute Gasteiger partial charge is 0.497 e. The van der Waals surface area contributed by atoms with Crippen LogP contribution in [0, 0.1) is 0 Å². The first kappa shape index (κ1) is 20.0. The summed E-state index contributed by atoms with van der Waals surface area (Å²) in [6.45, 7) is 0.0987. The molecule has 0 aliphatic carbocycles. The summed E-state index contributed by atoms with van der Waals surface area (Å²) in [5.74, 6) is -1.71. The molecular formula is C19H17F3N2O3. The molecule has 0 aromatic heterocycles. The van der Waals surface area contributed by atoms with Gasteiger partial charge in [0.25, 0.3) is 0 Å². The number of amides is 2. The van der Waals surface area contributed by atoms with Gasteiger partial charge in [-0.05, 0) is 41.5 Å². The van der Waals surface area contributed by atoms with E-state index in [1.54, 1.807) is 48.8 Å². The number of benzene rings is 2. The van der Waals surface area contributed by atoms with Gasteiger partial charge in [0, 0.05) is 18.3 Å². The normalized spacial score (nSPS) is 11.3. The highest BCUT2D eigenvalue weighted by atomic mass is 19.4. The minimum absolute atomic E-state index is 0.00199. The smallest absolute Gasteiger partial charge is 0.471 e. The third-order valence-corrected chi connectivity index (χ3v) is 3.45. The van der Waals surface area contributed by atoms with Crippen LogP contribution in [-0.4, -0.2) is 25.1 Å². The number of carbonyl (C=O) groups is 2. The first-order valence-corrected chi connectivity index (χ1v) is 7.85. The Morgan fingerprint density at radius 2 is 1.81 bits per heavy atom. The molecule has 0 heterocycles. The number of hydrogen-bond donors (Lipinski definition) is 2. The summed E-state index contributed by atoms with van der Waals surface area (Å²) in [6.07, 6.45) is -2.00. The van der Waals surface area contributed by atoms with Crippen LogP contribution in [0.25, 0.3) is 6.08 Å². The highest BCUT2D eigenvalue weighted by Crippen LogP contribution is 2.19. The Hall–Kier alpha value is -3.29. The van der Waals surface area contributed by atoms with Gasteiger partial charge in [-0.2, -0.15) is 13.2 Å². The Bertz CT molecular complexity index is 831. The van der Waals surface area contributed by atoms with Crippen molar-refractivity contribution in [3.05, 3.63) is 65.7 Å². The van der Waals surface area contributed by atoms with Crippen LogP contribution >= 0.6 is 0 Å². The van der Waals surface area contributed by atoms with E-state index in [0.717, 1.165) is 5.56 Å². The van der Waals surface area contributed by atoms with E-state index in [-0.39, 0.29) is 18.1 Å². The molecule has 5 nitrogen and oxygen atoms in total. The number of rotatable bonds is 6. The third kappa shape index (κ3) is 6.50. The minimum atomic E-state index is -4.96. The Morgan fingerprint density at radius 1 is 1.11 bits per heavy atom. The van der Waals surface area contributed by atoms with Crippen molar-refractivity contribution in [3.8, 4) is 5.75 Å². The lowest BCUT2D eigenvalue weighted by atomic mass is 10.2. The molecule has 0 saturated heterocycles. The van der Waals surface area contributed by atoms with Crippen molar-refractivity contribution in [3.63, 3.8) is 0 Å². The fourth-order valence-corrected chi connectivity index (χ4v) is 2.10. The van der Waals surface area contributed by atoms with Crippen molar-refractivity contribution >= 4 is 23.6 Å². The fraction of sp³-hybridized carbons (Fsp3) is 0.158. The minimum Gasteiger partial charge on any atom is -0.497 e. The highest BCUT2D eigenvalue weighted by molar-refractivity contribution is 5.95. The summed E-state index contributed by atoms with van der Waals surface area (Å²) in [7, 11) is 1.56. The Balaban J connectivity index is 1.90. The average Bonchev–Trinajstić information content (AvgIpc) is 2.64. The fourth-order valence-electron chi connectivity index (χ4n) is 2.10. The third-order valence-electron chi connectivity index (χ3n) is 3.45. The number of methoxy groups -OCH3 is 1. The van der Waals surface area contributed by atoms with E-state index < -0.39 is 12.1 Å². The topological polar surface area (TPSA) is 67.4 Å². The van der Waals surface area contributed by atoms with E-state index in [9.17, 15) is 22.8 Å². The maximum Gasteiger partial charge on any atom is 0.471 e. The maximum absolute atomic E-state index is 12.3. The van der Waals surface area contributed by atoms with Gasteiger partial charge in [0.05, 0.1) is 7.11 Å². The molecule has 8 heteroatoms. The SMILES string of the molecule is COc1ccc(/C=C/C(=O)NCc2cccc(NC(=O)C(F)(F)F)c2)cc1. The summed E-state index contributed by atoms with van der Waals surface area (Å²) in [4.78, 5) is 22.8. The van der Waals surface area contributed by atoms with Gasteiger partial charge >= 0.3 is 12.1 Å². The summed E-state index contributed by atoms with van der Waals surface area (Å²) < 4.78 is 41.9. The molecule has 0 aliphatic rings. The van der Waals surface area contributed by atoms with Crippen LogP contribution in [0.1, 0.15) is 11.1 Å². The molecule has 2 aromatic carbocycles. The number of anilines is 1. The van der Waals surface area contributed by atoms with Gasteiger partial charge in [0.2, 0.25) is 5.91 Å². The zero-order valence-electron chi connectivity index (χ0n) is 14.3. The summed E-state index contributed by atoms with van der Waals surface area (Å²) in [5, 5.41) is 4.38. The number of halogens is 3. The molecular weight excluding hydrogens is 361 g/mol. The van der Waals surface area contributed by atoms with Crippen LogP contribution < -0.4 is 15.4 Å². The number of nitrogens with one attached hydrogen (secondary N) is 2. The standard InChI is InChI=1S/C19H17F3N2O3/c1-27-16-8-5-13(6-9-16)7-10-17(25)23-12-14-3-2-4-15(11-14)24-18(26)19(20,21)22/h2-11H,12H2,1H3,(H,23,25)(H,24,26)/b10-7+. The predicted molar refractivity (Wildman–Crippen MR) is 95.0 cm³/mol.